The number of nitrogens with zero attached hydrogens (tertiary/aromatic N) is 3. The van der Waals surface area contributed by atoms with Crippen molar-refractivity contribution in [2.24, 2.45) is 0 Å². The summed E-state index contributed by atoms with van der Waals surface area (Å²) in [5, 5.41) is 14.8. The number of hydrogen-bond donors (Lipinski definition) is 1. The summed E-state index contributed by atoms with van der Waals surface area (Å²) in [6, 6.07) is 9.72. The average molecular weight is 341 g/mol. The normalized spacial score (nSPS) is 19.2. The molecule has 2 aromatic rings. The maximum Gasteiger partial charge on any atom is 0.257 e. The van der Waals surface area contributed by atoms with Crippen LogP contribution in [0.5, 0.6) is 0 Å². The summed E-state index contributed by atoms with van der Waals surface area (Å²) in [6.45, 7) is 6.92. The zero-order valence-electron chi connectivity index (χ0n) is 15.2. The largest absolute Gasteiger partial charge is 0.388 e. The number of benzene rings is 1. The second kappa shape index (κ2) is 7.00. The number of aliphatic hydroxyl groups excluding tert-OH is 1. The monoisotopic (exact) mass is 341 g/mol. The number of rotatable bonds is 4. The third kappa shape index (κ3) is 3.93. The van der Waals surface area contributed by atoms with Gasteiger partial charge in [-0.15, -0.1) is 0 Å². The molecule has 0 radical (unpaired) electrons. The minimum absolute atomic E-state index is 0.0123. The number of aromatic nitrogens is 2. The molecule has 0 spiro atoms. The predicted octanol–water partition coefficient (Wildman–Crippen LogP) is 3.37. The van der Waals surface area contributed by atoms with Crippen LogP contribution in [0.1, 0.15) is 62.1 Å². The summed E-state index contributed by atoms with van der Waals surface area (Å²) in [5.74, 6) is 0.0123. The smallest absolute Gasteiger partial charge is 0.257 e. The van der Waals surface area contributed by atoms with E-state index in [2.05, 4.69) is 25.9 Å². The van der Waals surface area contributed by atoms with Gasteiger partial charge < -0.3 is 10.0 Å². The molecule has 1 aromatic heterocycles. The van der Waals surface area contributed by atoms with Crippen molar-refractivity contribution in [2.45, 2.75) is 57.7 Å². The van der Waals surface area contributed by atoms with Crippen molar-refractivity contribution in [2.75, 3.05) is 6.54 Å². The van der Waals surface area contributed by atoms with Crippen molar-refractivity contribution in [3.63, 3.8) is 0 Å². The Hall–Kier alpha value is -2.14. The van der Waals surface area contributed by atoms with Crippen LogP contribution in [0.3, 0.4) is 0 Å². The molecule has 1 amide bonds. The van der Waals surface area contributed by atoms with Crippen LogP contribution in [-0.4, -0.2) is 38.3 Å². The second-order valence-electron chi connectivity index (χ2n) is 7.80. The highest BCUT2D eigenvalue weighted by molar-refractivity contribution is 5.94. The van der Waals surface area contributed by atoms with E-state index >= 15 is 0 Å². The fraction of sp³-hybridized carbons (Fsp3) is 0.500. The number of hydrogen-bond acceptors (Lipinski definition) is 3. The van der Waals surface area contributed by atoms with E-state index in [1.165, 1.54) is 0 Å². The molecule has 1 aromatic carbocycles. The van der Waals surface area contributed by atoms with E-state index in [-0.39, 0.29) is 17.5 Å². The number of carbonyl (C=O) groups excluding carboxylic acids is 1. The zero-order chi connectivity index (χ0) is 18.0. The molecule has 0 saturated carbocycles. The Kier molecular flexibility index (Phi) is 4.95. The fourth-order valence-corrected chi connectivity index (χ4v) is 3.38. The SMILES string of the molecule is CC(C)(C)n1cc(C(=O)N2CCC[C@H]2C[C@H](O)c2ccccc2)cn1. The average Bonchev–Trinajstić information content (AvgIpc) is 3.24. The highest BCUT2D eigenvalue weighted by atomic mass is 16.3. The zero-order valence-corrected chi connectivity index (χ0v) is 15.2. The van der Waals surface area contributed by atoms with E-state index in [0.29, 0.717) is 12.0 Å². The Balaban J connectivity index is 1.71. The van der Waals surface area contributed by atoms with Crippen molar-refractivity contribution in [3.05, 3.63) is 53.9 Å². The van der Waals surface area contributed by atoms with E-state index in [0.717, 1.165) is 24.9 Å². The molecule has 2 heterocycles. The molecule has 0 bridgehead atoms. The van der Waals surface area contributed by atoms with Gasteiger partial charge in [0.05, 0.1) is 23.4 Å². The van der Waals surface area contributed by atoms with E-state index in [4.69, 9.17) is 0 Å². The van der Waals surface area contributed by atoms with Gasteiger partial charge in [0.1, 0.15) is 0 Å². The Morgan fingerprint density at radius 3 is 2.68 bits per heavy atom. The van der Waals surface area contributed by atoms with Gasteiger partial charge in [-0.1, -0.05) is 30.3 Å². The summed E-state index contributed by atoms with van der Waals surface area (Å²) in [7, 11) is 0. The number of carbonyl (C=O) groups is 1. The molecule has 0 unspecified atom stereocenters. The van der Waals surface area contributed by atoms with Crippen LogP contribution in [-0.2, 0) is 5.54 Å². The molecule has 1 aliphatic heterocycles. The van der Waals surface area contributed by atoms with E-state index in [1.54, 1.807) is 6.20 Å². The number of amides is 1. The van der Waals surface area contributed by atoms with Gasteiger partial charge in [-0.3, -0.25) is 9.48 Å². The van der Waals surface area contributed by atoms with Gasteiger partial charge in [0.25, 0.3) is 5.91 Å². The maximum atomic E-state index is 12.9. The van der Waals surface area contributed by atoms with Gasteiger partial charge in [-0.2, -0.15) is 5.10 Å². The van der Waals surface area contributed by atoms with Gasteiger partial charge in [-0.05, 0) is 45.6 Å². The van der Waals surface area contributed by atoms with Gasteiger partial charge in [0, 0.05) is 18.8 Å². The van der Waals surface area contributed by atoms with Gasteiger partial charge in [-0.25, -0.2) is 0 Å². The number of likely N-dealkylation sites (tertiary alicyclic amines) is 1. The summed E-state index contributed by atoms with van der Waals surface area (Å²) < 4.78 is 1.82. The van der Waals surface area contributed by atoms with Crippen molar-refractivity contribution in [3.8, 4) is 0 Å². The van der Waals surface area contributed by atoms with E-state index in [1.807, 2.05) is 46.1 Å². The van der Waals surface area contributed by atoms with Gasteiger partial charge >= 0.3 is 0 Å². The first-order chi connectivity index (χ1) is 11.9. The molecular weight excluding hydrogens is 314 g/mol. The van der Waals surface area contributed by atoms with Crippen LogP contribution < -0.4 is 0 Å². The molecule has 25 heavy (non-hydrogen) atoms. The van der Waals surface area contributed by atoms with Crippen LogP contribution in [0.4, 0.5) is 0 Å². The Bertz CT molecular complexity index is 718. The molecule has 1 fully saturated rings. The molecule has 0 aliphatic carbocycles. The minimum Gasteiger partial charge on any atom is -0.388 e. The lowest BCUT2D eigenvalue weighted by atomic mass is 10.0. The minimum atomic E-state index is -0.545. The van der Waals surface area contributed by atoms with Gasteiger partial charge in [0.15, 0.2) is 0 Å². The molecule has 1 saturated heterocycles. The second-order valence-corrected chi connectivity index (χ2v) is 7.80. The Morgan fingerprint density at radius 2 is 2.04 bits per heavy atom. The summed E-state index contributed by atoms with van der Waals surface area (Å²) in [4.78, 5) is 14.8. The van der Waals surface area contributed by atoms with Crippen molar-refractivity contribution < 1.29 is 9.90 Å². The molecular formula is C20H27N3O2. The fourth-order valence-electron chi connectivity index (χ4n) is 3.38. The molecule has 1 aliphatic rings. The first kappa shape index (κ1) is 17.7. The third-order valence-corrected chi connectivity index (χ3v) is 4.83. The van der Waals surface area contributed by atoms with Crippen molar-refractivity contribution in [1.82, 2.24) is 14.7 Å². The molecule has 134 valence electrons. The van der Waals surface area contributed by atoms with Crippen LogP contribution in [0.2, 0.25) is 0 Å². The van der Waals surface area contributed by atoms with Gasteiger partial charge in [0.2, 0.25) is 0 Å². The molecule has 5 heteroatoms. The highest BCUT2D eigenvalue weighted by Crippen LogP contribution is 2.28. The van der Waals surface area contributed by atoms with E-state index in [9.17, 15) is 9.90 Å². The summed E-state index contributed by atoms with van der Waals surface area (Å²) in [6.07, 6.45) is 5.41. The van der Waals surface area contributed by atoms with Crippen LogP contribution >= 0.6 is 0 Å². The highest BCUT2D eigenvalue weighted by Gasteiger charge is 2.32. The lowest BCUT2D eigenvalue weighted by Crippen LogP contribution is -2.36. The van der Waals surface area contributed by atoms with Crippen LogP contribution in [0, 0.1) is 0 Å². The summed E-state index contributed by atoms with van der Waals surface area (Å²) >= 11 is 0. The first-order valence-corrected chi connectivity index (χ1v) is 8.95. The van der Waals surface area contributed by atoms with Crippen molar-refractivity contribution in [1.29, 1.82) is 0 Å². The van der Waals surface area contributed by atoms with Crippen LogP contribution in [0.15, 0.2) is 42.7 Å². The standard InChI is InChI=1S/C20H27N3O2/c1-20(2,3)23-14-16(13-21-23)19(25)22-11-7-10-17(22)12-18(24)15-8-5-4-6-9-15/h4-6,8-9,13-14,17-18,24H,7,10-12H2,1-3H3/t17-,18-/m0/s1. The Labute approximate surface area is 149 Å². The Morgan fingerprint density at radius 1 is 1.32 bits per heavy atom. The third-order valence-electron chi connectivity index (χ3n) is 4.83. The predicted molar refractivity (Wildman–Crippen MR) is 97.3 cm³/mol. The number of aliphatic hydroxyl groups is 1. The quantitative estimate of drug-likeness (QED) is 0.927. The van der Waals surface area contributed by atoms with Crippen LogP contribution in [0.25, 0.3) is 0 Å². The lowest BCUT2D eigenvalue weighted by molar-refractivity contribution is 0.0667. The molecule has 5 nitrogen and oxygen atoms in total. The first-order valence-electron chi connectivity index (χ1n) is 8.95. The molecule has 3 rings (SSSR count). The topological polar surface area (TPSA) is 58.4 Å². The van der Waals surface area contributed by atoms with Crippen molar-refractivity contribution >= 4 is 5.91 Å². The van der Waals surface area contributed by atoms with E-state index < -0.39 is 6.10 Å². The molecule has 2 atom stereocenters. The summed E-state index contributed by atoms with van der Waals surface area (Å²) in [5.41, 5.74) is 1.38. The lowest BCUT2D eigenvalue weighted by Gasteiger charge is -2.26. The maximum absolute atomic E-state index is 12.9. The molecule has 1 N–H and O–H groups in total.